The van der Waals surface area contributed by atoms with Crippen molar-refractivity contribution in [3.63, 3.8) is 0 Å². The zero-order valence-corrected chi connectivity index (χ0v) is 16.1. The summed E-state index contributed by atoms with van der Waals surface area (Å²) in [5.74, 6) is -0.782. The van der Waals surface area contributed by atoms with E-state index in [-0.39, 0.29) is 22.3 Å². The highest BCUT2D eigenvalue weighted by Gasteiger charge is 2.31. The van der Waals surface area contributed by atoms with Crippen molar-refractivity contribution >= 4 is 51.9 Å². The number of rotatable bonds is 6. The molecule has 30 heavy (non-hydrogen) atoms. The van der Waals surface area contributed by atoms with Gasteiger partial charge in [-0.3, -0.25) is 10.1 Å². The number of nitro groups is 1. The van der Waals surface area contributed by atoms with Crippen LogP contribution in [-0.2, 0) is 0 Å². The van der Waals surface area contributed by atoms with E-state index in [4.69, 9.17) is 23.2 Å². The second-order valence-electron chi connectivity index (χ2n) is 5.62. The summed E-state index contributed by atoms with van der Waals surface area (Å²) in [5.41, 5.74) is 0.0587. The van der Waals surface area contributed by atoms with Crippen LogP contribution in [0.3, 0.4) is 0 Å². The van der Waals surface area contributed by atoms with Crippen molar-refractivity contribution < 1.29 is 22.8 Å². The number of halogens is 5. The number of anilines is 4. The molecule has 1 aromatic heterocycles. The van der Waals surface area contributed by atoms with Gasteiger partial charge in [-0.1, -0.05) is 23.2 Å². The fourth-order valence-corrected chi connectivity index (χ4v) is 2.79. The highest BCUT2D eigenvalue weighted by molar-refractivity contribution is 6.36. The summed E-state index contributed by atoms with van der Waals surface area (Å²) in [6.07, 6.45) is -3.76. The Kier molecular flexibility index (Phi) is 6.13. The minimum atomic E-state index is -4.83. The van der Waals surface area contributed by atoms with Crippen LogP contribution in [0.1, 0.15) is 0 Å². The molecular formula is C17H10Cl2F3N5O3. The number of ether oxygens (including phenoxy) is 1. The molecule has 0 fully saturated rings. The standard InChI is InChI=1S/C17H10Cl2F3N5O3/c18-9-1-6-13(12(19)7-9)26-16-14(27(28)29)15(23-8-24-16)25-10-2-4-11(5-3-10)30-17(20,21)22/h1-8H,(H2,23,24,25,26). The lowest BCUT2D eigenvalue weighted by molar-refractivity contribution is -0.383. The predicted molar refractivity (Wildman–Crippen MR) is 105 cm³/mol. The molecule has 2 aromatic carbocycles. The van der Waals surface area contributed by atoms with Crippen LogP contribution in [0.5, 0.6) is 5.75 Å². The molecule has 3 rings (SSSR count). The predicted octanol–water partition coefficient (Wildman–Crippen LogP) is 6.08. The Labute approximate surface area is 176 Å². The zero-order valence-electron chi connectivity index (χ0n) is 14.6. The maximum absolute atomic E-state index is 12.3. The third kappa shape index (κ3) is 5.39. The fourth-order valence-electron chi connectivity index (χ4n) is 2.33. The summed E-state index contributed by atoms with van der Waals surface area (Å²) in [7, 11) is 0. The first-order valence-electron chi connectivity index (χ1n) is 7.96. The molecule has 1 heterocycles. The van der Waals surface area contributed by atoms with Gasteiger partial charge >= 0.3 is 12.0 Å². The summed E-state index contributed by atoms with van der Waals surface area (Å²) < 4.78 is 40.5. The summed E-state index contributed by atoms with van der Waals surface area (Å²) in [4.78, 5) is 18.6. The largest absolute Gasteiger partial charge is 0.573 e. The monoisotopic (exact) mass is 459 g/mol. The van der Waals surface area contributed by atoms with Gasteiger partial charge < -0.3 is 15.4 Å². The van der Waals surface area contributed by atoms with E-state index in [0.29, 0.717) is 10.7 Å². The van der Waals surface area contributed by atoms with Crippen LogP contribution in [0.4, 0.5) is 41.9 Å². The smallest absolute Gasteiger partial charge is 0.406 e. The lowest BCUT2D eigenvalue weighted by atomic mass is 10.3. The molecule has 0 aliphatic heterocycles. The molecule has 156 valence electrons. The molecular weight excluding hydrogens is 450 g/mol. The van der Waals surface area contributed by atoms with Crippen molar-refractivity contribution in [1.82, 2.24) is 9.97 Å². The number of nitrogens with one attached hydrogen (secondary N) is 2. The van der Waals surface area contributed by atoms with Gasteiger partial charge in [0.25, 0.3) is 0 Å². The van der Waals surface area contributed by atoms with Gasteiger partial charge in [-0.05, 0) is 42.5 Å². The molecule has 0 spiro atoms. The average Bonchev–Trinajstić information content (AvgIpc) is 2.64. The van der Waals surface area contributed by atoms with Gasteiger partial charge in [0, 0.05) is 10.7 Å². The molecule has 3 aromatic rings. The zero-order chi connectivity index (χ0) is 21.9. The molecule has 0 saturated heterocycles. The van der Waals surface area contributed by atoms with Crippen LogP contribution in [0.25, 0.3) is 0 Å². The van der Waals surface area contributed by atoms with Gasteiger partial charge in [-0.25, -0.2) is 9.97 Å². The van der Waals surface area contributed by atoms with Crippen LogP contribution >= 0.6 is 23.2 Å². The van der Waals surface area contributed by atoms with E-state index in [1.165, 1.54) is 30.3 Å². The van der Waals surface area contributed by atoms with Gasteiger partial charge in [0.1, 0.15) is 12.1 Å². The van der Waals surface area contributed by atoms with Crippen LogP contribution < -0.4 is 15.4 Å². The quantitative estimate of drug-likeness (QED) is 0.340. The van der Waals surface area contributed by atoms with Crippen molar-refractivity contribution in [3.8, 4) is 5.75 Å². The molecule has 0 atom stereocenters. The van der Waals surface area contributed by atoms with E-state index in [1.54, 1.807) is 0 Å². The third-order valence-electron chi connectivity index (χ3n) is 3.54. The van der Waals surface area contributed by atoms with Crippen LogP contribution in [0, 0.1) is 10.1 Å². The second kappa shape index (κ2) is 8.59. The summed E-state index contributed by atoms with van der Waals surface area (Å²) in [5, 5.41) is 17.6. The van der Waals surface area contributed by atoms with E-state index >= 15 is 0 Å². The molecule has 0 saturated carbocycles. The molecule has 8 nitrogen and oxygen atoms in total. The molecule has 13 heteroatoms. The Hall–Kier alpha value is -3.31. The molecule has 0 unspecified atom stereocenters. The lowest BCUT2D eigenvalue weighted by Crippen LogP contribution is -2.17. The number of benzene rings is 2. The number of hydrogen-bond acceptors (Lipinski definition) is 7. The fraction of sp³-hybridized carbons (Fsp3) is 0.0588. The topological polar surface area (TPSA) is 102 Å². The summed E-state index contributed by atoms with van der Waals surface area (Å²) in [6.45, 7) is 0. The van der Waals surface area contributed by atoms with Crippen molar-refractivity contribution in [3.05, 3.63) is 69.0 Å². The van der Waals surface area contributed by atoms with E-state index in [2.05, 4.69) is 25.3 Å². The van der Waals surface area contributed by atoms with Crippen molar-refractivity contribution in [2.75, 3.05) is 10.6 Å². The van der Waals surface area contributed by atoms with Gasteiger partial charge in [0.2, 0.25) is 11.6 Å². The van der Waals surface area contributed by atoms with Crippen LogP contribution in [-0.4, -0.2) is 21.3 Å². The van der Waals surface area contributed by atoms with Crippen LogP contribution in [0.15, 0.2) is 48.8 Å². The second-order valence-corrected chi connectivity index (χ2v) is 6.47. The van der Waals surface area contributed by atoms with E-state index in [9.17, 15) is 23.3 Å². The average molecular weight is 460 g/mol. The first-order valence-corrected chi connectivity index (χ1v) is 8.72. The highest BCUT2D eigenvalue weighted by atomic mass is 35.5. The maximum Gasteiger partial charge on any atom is 0.573 e. The molecule has 0 amide bonds. The van der Waals surface area contributed by atoms with Gasteiger partial charge in [0.15, 0.2) is 0 Å². The molecule has 0 bridgehead atoms. The number of nitrogens with zero attached hydrogens (tertiary/aromatic N) is 3. The van der Waals surface area contributed by atoms with Gasteiger partial charge in [-0.2, -0.15) is 0 Å². The van der Waals surface area contributed by atoms with E-state index in [1.807, 2.05) is 0 Å². The van der Waals surface area contributed by atoms with Crippen molar-refractivity contribution in [2.45, 2.75) is 6.36 Å². The van der Waals surface area contributed by atoms with Gasteiger partial charge in [0.05, 0.1) is 15.6 Å². The number of aromatic nitrogens is 2. The number of hydrogen-bond donors (Lipinski definition) is 2. The normalized spacial score (nSPS) is 11.1. The van der Waals surface area contributed by atoms with Gasteiger partial charge in [-0.15, -0.1) is 13.2 Å². The summed E-state index contributed by atoms with van der Waals surface area (Å²) >= 11 is 11.9. The van der Waals surface area contributed by atoms with Crippen LogP contribution in [0.2, 0.25) is 10.0 Å². The first kappa shape index (κ1) is 21.4. The highest BCUT2D eigenvalue weighted by Crippen LogP contribution is 2.35. The first-order chi connectivity index (χ1) is 14.1. The SMILES string of the molecule is O=[N+]([O-])c1c(Nc2ccc(OC(F)(F)F)cc2)ncnc1Nc1ccc(Cl)cc1Cl. The molecule has 0 aliphatic rings. The Morgan fingerprint density at radius 1 is 1.00 bits per heavy atom. The Balaban J connectivity index is 1.88. The van der Waals surface area contributed by atoms with E-state index < -0.39 is 22.7 Å². The van der Waals surface area contributed by atoms with E-state index in [0.717, 1.165) is 18.5 Å². The van der Waals surface area contributed by atoms with Crippen molar-refractivity contribution in [1.29, 1.82) is 0 Å². The minimum Gasteiger partial charge on any atom is -0.406 e. The summed E-state index contributed by atoms with van der Waals surface area (Å²) in [6, 6.07) is 9.09. The molecule has 2 N–H and O–H groups in total. The minimum absolute atomic E-state index is 0.154. The third-order valence-corrected chi connectivity index (χ3v) is 4.09. The molecule has 0 aliphatic carbocycles. The maximum atomic E-state index is 12.3. The van der Waals surface area contributed by atoms with Crippen molar-refractivity contribution in [2.24, 2.45) is 0 Å². The number of alkyl halides is 3. The lowest BCUT2D eigenvalue weighted by Gasteiger charge is -2.12. The Morgan fingerprint density at radius 3 is 2.20 bits per heavy atom. The Morgan fingerprint density at radius 2 is 1.63 bits per heavy atom. The molecule has 0 radical (unpaired) electrons. The Bertz CT molecular complexity index is 1080.